The lowest BCUT2D eigenvalue weighted by Gasteiger charge is -2.26. The first-order valence-corrected chi connectivity index (χ1v) is 10.7. The Morgan fingerprint density at radius 1 is 0.871 bits per heavy atom. The molecule has 2 aliphatic rings. The highest BCUT2D eigenvalue weighted by atomic mass is 16.7. The molecule has 3 aromatic rings. The SMILES string of the molecule is Cc1ccc(/C=C2/C=C[C@H]3ON(c4ccccc4)[C@H](C(=O)c4ccc(C)cc4)[C@@H]23)cc1. The third-order valence-corrected chi connectivity index (χ3v) is 6.07. The number of aryl methyl sites for hydroxylation is 2. The quantitative estimate of drug-likeness (QED) is 0.501. The van der Waals surface area contributed by atoms with Crippen LogP contribution in [0.15, 0.2) is 96.6 Å². The van der Waals surface area contributed by atoms with E-state index in [1.165, 1.54) is 5.56 Å². The van der Waals surface area contributed by atoms with Gasteiger partial charge in [-0.3, -0.25) is 9.63 Å². The van der Waals surface area contributed by atoms with Crippen molar-refractivity contribution in [3.8, 4) is 0 Å². The number of fused-ring (bicyclic) bond motifs is 1. The Hall–Kier alpha value is -3.43. The Kier molecular flexibility index (Phi) is 5.05. The van der Waals surface area contributed by atoms with Gasteiger partial charge in [0.1, 0.15) is 12.1 Å². The van der Waals surface area contributed by atoms with Crippen LogP contribution in [0.2, 0.25) is 0 Å². The zero-order chi connectivity index (χ0) is 21.4. The van der Waals surface area contributed by atoms with Crippen molar-refractivity contribution in [2.45, 2.75) is 26.0 Å². The molecule has 0 aromatic heterocycles. The Morgan fingerprint density at radius 2 is 1.52 bits per heavy atom. The van der Waals surface area contributed by atoms with Crippen molar-refractivity contribution in [2.75, 3.05) is 5.06 Å². The standard InChI is InChI=1S/C28H25NO2/c1-19-8-12-21(13-9-19)18-23-16-17-25-26(23)27(28(30)22-14-10-20(2)11-15-22)29(31-25)24-6-4-3-5-7-24/h3-18,25-27H,1-2H3/b23-18-/t25-,26+,27+/m1/s1. The molecule has 154 valence electrons. The maximum atomic E-state index is 13.8. The number of ketones is 1. The number of nitrogens with zero attached hydrogens (tertiary/aromatic N) is 1. The largest absolute Gasteiger partial charge is 0.292 e. The van der Waals surface area contributed by atoms with Crippen molar-refractivity contribution in [3.63, 3.8) is 0 Å². The van der Waals surface area contributed by atoms with Gasteiger partial charge in [0.25, 0.3) is 0 Å². The molecular weight excluding hydrogens is 382 g/mol. The van der Waals surface area contributed by atoms with E-state index in [1.807, 2.05) is 66.6 Å². The molecule has 0 N–H and O–H groups in total. The average Bonchev–Trinajstić information content (AvgIpc) is 3.36. The first kappa shape index (κ1) is 19.5. The van der Waals surface area contributed by atoms with Gasteiger partial charge in [0.2, 0.25) is 0 Å². The predicted octanol–water partition coefficient (Wildman–Crippen LogP) is 5.94. The summed E-state index contributed by atoms with van der Waals surface area (Å²) >= 11 is 0. The molecule has 0 amide bonds. The first-order valence-electron chi connectivity index (χ1n) is 10.7. The predicted molar refractivity (Wildman–Crippen MR) is 125 cm³/mol. The van der Waals surface area contributed by atoms with Gasteiger partial charge in [-0.2, -0.15) is 0 Å². The number of rotatable bonds is 4. The Bertz CT molecular complexity index is 1140. The van der Waals surface area contributed by atoms with Crippen LogP contribution in [0.4, 0.5) is 5.69 Å². The molecule has 0 radical (unpaired) electrons. The van der Waals surface area contributed by atoms with Gasteiger partial charge in [-0.25, -0.2) is 5.06 Å². The number of carbonyl (C=O) groups is 1. The van der Waals surface area contributed by atoms with E-state index in [1.54, 1.807) is 0 Å². The van der Waals surface area contributed by atoms with Crippen molar-refractivity contribution in [1.82, 2.24) is 0 Å². The molecule has 3 nitrogen and oxygen atoms in total. The van der Waals surface area contributed by atoms with Gasteiger partial charge in [-0.1, -0.05) is 96.1 Å². The second-order valence-corrected chi connectivity index (χ2v) is 8.35. The summed E-state index contributed by atoms with van der Waals surface area (Å²) in [6, 6.07) is 25.7. The van der Waals surface area contributed by atoms with Crippen LogP contribution < -0.4 is 5.06 Å². The number of carbonyl (C=O) groups excluding carboxylic acids is 1. The number of anilines is 1. The number of para-hydroxylation sites is 1. The van der Waals surface area contributed by atoms with E-state index in [0.717, 1.165) is 22.4 Å². The van der Waals surface area contributed by atoms with Gasteiger partial charge in [0, 0.05) is 11.5 Å². The molecule has 0 saturated carbocycles. The molecule has 3 heteroatoms. The Labute approximate surface area is 183 Å². The van der Waals surface area contributed by atoms with Crippen molar-refractivity contribution < 1.29 is 9.63 Å². The lowest BCUT2D eigenvalue weighted by atomic mass is 9.86. The van der Waals surface area contributed by atoms with Gasteiger partial charge in [0.15, 0.2) is 5.78 Å². The summed E-state index contributed by atoms with van der Waals surface area (Å²) in [5.74, 6) is 0.0187. The Morgan fingerprint density at radius 3 is 2.19 bits per heavy atom. The van der Waals surface area contributed by atoms with Crippen LogP contribution in [0.3, 0.4) is 0 Å². The van der Waals surface area contributed by atoms with E-state index < -0.39 is 6.04 Å². The lowest BCUT2D eigenvalue weighted by molar-refractivity contribution is 0.0885. The first-order chi connectivity index (χ1) is 15.1. The van der Waals surface area contributed by atoms with E-state index in [2.05, 4.69) is 49.4 Å². The van der Waals surface area contributed by atoms with Crippen LogP contribution in [0, 0.1) is 19.8 Å². The zero-order valence-corrected chi connectivity index (χ0v) is 17.7. The Balaban J connectivity index is 1.56. The summed E-state index contributed by atoms with van der Waals surface area (Å²) in [4.78, 5) is 20.1. The topological polar surface area (TPSA) is 29.5 Å². The molecule has 0 bridgehead atoms. The van der Waals surface area contributed by atoms with E-state index in [0.29, 0.717) is 5.56 Å². The molecule has 0 unspecified atom stereocenters. The molecule has 31 heavy (non-hydrogen) atoms. The minimum Gasteiger partial charge on any atom is -0.292 e. The average molecular weight is 408 g/mol. The molecule has 0 spiro atoms. The monoisotopic (exact) mass is 407 g/mol. The lowest BCUT2D eigenvalue weighted by Crippen LogP contribution is -2.40. The highest BCUT2D eigenvalue weighted by molar-refractivity contribution is 6.03. The van der Waals surface area contributed by atoms with Crippen molar-refractivity contribution in [1.29, 1.82) is 0 Å². The molecule has 1 fully saturated rings. The molecule has 3 atom stereocenters. The number of hydrogen-bond acceptors (Lipinski definition) is 3. The second-order valence-electron chi connectivity index (χ2n) is 8.35. The number of allylic oxidation sites excluding steroid dienone is 1. The van der Waals surface area contributed by atoms with Gasteiger partial charge in [-0.15, -0.1) is 0 Å². The van der Waals surface area contributed by atoms with E-state index in [9.17, 15) is 4.79 Å². The molecule has 1 aliphatic carbocycles. The van der Waals surface area contributed by atoms with Gasteiger partial charge < -0.3 is 0 Å². The number of hydrogen-bond donors (Lipinski definition) is 0. The summed E-state index contributed by atoms with van der Waals surface area (Å²) in [6.07, 6.45) is 6.19. The van der Waals surface area contributed by atoms with Crippen LogP contribution >= 0.6 is 0 Å². The number of Topliss-reactive ketones (excluding diaryl/α,β-unsaturated/α-hetero) is 1. The van der Waals surface area contributed by atoms with Crippen molar-refractivity contribution in [2.24, 2.45) is 5.92 Å². The summed E-state index contributed by atoms with van der Waals surface area (Å²) in [6.45, 7) is 4.11. The van der Waals surface area contributed by atoms with Crippen LogP contribution in [-0.4, -0.2) is 17.9 Å². The van der Waals surface area contributed by atoms with Gasteiger partial charge in [-0.05, 0) is 37.1 Å². The van der Waals surface area contributed by atoms with Gasteiger partial charge >= 0.3 is 0 Å². The highest BCUT2D eigenvalue weighted by Crippen LogP contribution is 2.43. The number of benzene rings is 3. The highest BCUT2D eigenvalue weighted by Gasteiger charge is 2.50. The minimum atomic E-state index is -0.429. The van der Waals surface area contributed by atoms with E-state index in [-0.39, 0.29) is 17.8 Å². The van der Waals surface area contributed by atoms with Crippen LogP contribution in [0.5, 0.6) is 0 Å². The van der Waals surface area contributed by atoms with Crippen LogP contribution in [0.25, 0.3) is 6.08 Å². The summed E-state index contributed by atoms with van der Waals surface area (Å²) in [5.41, 5.74) is 6.23. The molecule has 3 aromatic carbocycles. The third kappa shape index (κ3) is 3.73. The molecule has 1 heterocycles. The summed E-state index contributed by atoms with van der Waals surface area (Å²) in [5, 5.41) is 1.81. The maximum absolute atomic E-state index is 13.8. The number of hydroxylamine groups is 1. The summed E-state index contributed by atoms with van der Waals surface area (Å²) in [7, 11) is 0. The van der Waals surface area contributed by atoms with Gasteiger partial charge in [0.05, 0.1) is 5.69 Å². The molecule has 1 saturated heterocycles. The maximum Gasteiger partial charge on any atom is 0.188 e. The van der Waals surface area contributed by atoms with E-state index in [4.69, 9.17) is 4.84 Å². The molecule has 5 rings (SSSR count). The zero-order valence-electron chi connectivity index (χ0n) is 17.7. The minimum absolute atomic E-state index is 0.0599. The molecule has 1 aliphatic heterocycles. The fraction of sp³-hybridized carbons (Fsp3) is 0.179. The van der Waals surface area contributed by atoms with E-state index >= 15 is 0 Å². The third-order valence-electron chi connectivity index (χ3n) is 6.07. The van der Waals surface area contributed by atoms with Crippen LogP contribution in [0.1, 0.15) is 27.0 Å². The normalized spacial score (nSPS) is 23.4. The van der Waals surface area contributed by atoms with Crippen molar-refractivity contribution in [3.05, 3.63) is 119 Å². The second kappa shape index (κ2) is 8.01. The van der Waals surface area contributed by atoms with Crippen molar-refractivity contribution >= 4 is 17.5 Å². The summed E-state index contributed by atoms with van der Waals surface area (Å²) < 4.78 is 0. The smallest absolute Gasteiger partial charge is 0.188 e. The fourth-order valence-electron chi connectivity index (χ4n) is 4.39. The van der Waals surface area contributed by atoms with Crippen LogP contribution in [-0.2, 0) is 4.84 Å². The molecular formula is C28H25NO2. The fourth-order valence-corrected chi connectivity index (χ4v) is 4.39.